The molecule has 0 radical (unpaired) electrons. The second-order valence-corrected chi connectivity index (χ2v) is 7.28. The number of rotatable bonds is 4. The molecule has 156 valence electrons. The van der Waals surface area contributed by atoms with Gasteiger partial charge in [-0.25, -0.2) is 19.6 Å². The summed E-state index contributed by atoms with van der Waals surface area (Å²) in [5.74, 6) is 0.595. The van der Waals surface area contributed by atoms with Crippen molar-refractivity contribution in [2.75, 3.05) is 24.6 Å². The molecule has 1 aliphatic rings. The molecule has 1 atom stereocenters. The van der Waals surface area contributed by atoms with Crippen molar-refractivity contribution < 1.29 is 4.74 Å². The van der Waals surface area contributed by atoms with Gasteiger partial charge in [-0.15, -0.1) is 0 Å². The fourth-order valence-electron chi connectivity index (χ4n) is 3.71. The van der Waals surface area contributed by atoms with Crippen LogP contribution in [0.3, 0.4) is 0 Å². The number of hydrogen-bond acceptors (Lipinski definition) is 7. The van der Waals surface area contributed by atoms with Gasteiger partial charge in [0.1, 0.15) is 12.4 Å². The van der Waals surface area contributed by atoms with E-state index in [4.69, 9.17) is 9.72 Å². The van der Waals surface area contributed by atoms with Gasteiger partial charge in [-0.2, -0.15) is 5.10 Å². The normalized spacial score (nSPS) is 16.4. The zero-order valence-electron chi connectivity index (χ0n) is 17.0. The molecule has 3 aromatic heterocycles. The molecule has 4 aromatic rings. The van der Waals surface area contributed by atoms with Crippen molar-refractivity contribution in [2.24, 2.45) is 7.05 Å². The van der Waals surface area contributed by atoms with Crippen LogP contribution in [0.2, 0.25) is 0 Å². The standard InChI is InChI=1S/C22H21N7O2/c1-27-21(30)13-19(18-6-8-23-15-24-18)26-22(27)28-10-11-31-20(14-28)16-4-2-5-17(12-16)29-9-3-7-25-29/h2-9,12-13,15,20H,10-11,14H2,1H3. The summed E-state index contributed by atoms with van der Waals surface area (Å²) in [4.78, 5) is 27.6. The molecule has 0 saturated carbocycles. The Labute approximate surface area is 178 Å². The lowest BCUT2D eigenvalue weighted by molar-refractivity contribution is 0.0389. The molecule has 1 aromatic carbocycles. The van der Waals surface area contributed by atoms with Crippen molar-refractivity contribution in [1.82, 2.24) is 29.3 Å². The van der Waals surface area contributed by atoms with Crippen molar-refractivity contribution in [2.45, 2.75) is 6.10 Å². The molecule has 1 saturated heterocycles. The van der Waals surface area contributed by atoms with Gasteiger partial charge in [0, 0.05) is 38.2 Å². The predicted octanol–water partition coefficient (Wildman–Crippen LogP) is 2.00. The average Bonchev–Trinajstić information content (AvgIpc) is 3.37. The number of nitrogens with zero attached hydrogens (tertiary/aromatic N) is 7. The molecular formula is C22H21N7O2. The first-order valence-corrected chi connectivity index (χ1v) is 10.00. The van der Waals surface area contributed by atoms with Gasteiger partial charge in [-0.1, -0.05) is 12.1 Å². The zero-order chi connectivity index (χ0) is 21.2. The van der Waals surface area contributed by atoms with E-state index in [1.54, 1.807) is 30.1 Å². The number of anilines is 1. The average molecular weight is 415 g/mol. The molecule has 0 amide bonds. The highest BCUT2D eigenvalue weighted by atomic mass is 16.5. The minimum atomic E-state index is -0.149. The molecule has 1 aliphatic heterocycles. The van der Waals surface area contributed by atoms with E-state index < -0.39 is 0 Å². The van der Waals surface area contributed by atoms with Crippen molar-refractivity contribution in [3.8, 4) is 17.1 Å². The second kappa shape index (κ2) is 8.11. The van der Waals surface area contributed by atoms with Crippen molar-refractivity contribution >= 4 is 5.95 Å². The highest BCUT2D eigenvalue weighted by Crippen LogP contribution is 2.27. The molecule has 9 nitrogen and oxygen atoms in total. The highest BCUT2D eigenvalue weighted by Gasteiger charge is 2.25. The Morgan fingerprint density at radius 2 is 2.03 bits per heavy atom. The molecule has 0 spiro atoms. The SMILES string of the molecule is Cn1c(N2CCOC(c3cccc(-n4cccn4)c3)C2)nc(-c2ccncn2)cc1=O. The summed E-state index contributed by atoms with van der Waals surface area (Å²) in [6.07, 6.45) is 6.60. The quantitative estimate of drug-likeness (QED) is 0.503. The Bertz CT molecular complexity index is 1240. The van der Waals surface area contributed by atoms with Gasteiger partial charge >= 0.3 is 0 Å². The number of benzene rings is 1. The molecule has 5 rings (SSSR count). The van der Waals surface area contributed by atoms with Crippen LogP contribution in [0.1, 0.15) is 11.7 Å². The first-order valence-electron chi connectivity index (χ1n) is 10.00. The topological polar surface area (TPSA) is 91.0 Å². The Hall–Kier alpha value is -3.85. The first-order chi connectivity index (χ1) is 15.2. The Balaban J connectivity index is 1.46. The van der Waals surface area contributed by atoms with E-state index in [0.29, 0.717) is 37.0 Å². The van der Waals surface area contributed by atoms with Crippen LogP contribution in [0.25, 0.3) is 17.1 Å². The summed E-state index contributed by atoms with van der Waals surface area (Å²) in [5.41, 5.74) is 3.03. The lowest BCUT2D eigenvalue weighted by Gasteiger charge is -2.34. The van der Waals surface area contributed by atoms with E-state index in [0.717, 1.165) is 11.3 Å². The smallest absolute Gasteiger partial charge is 0.255 e. The highest BCUT2D eigenvalue weighted by molar-refractivity contribution is 5.55. The summed E-state index contributed by atoms with van der Waals surface area (Å²) in [5, 5.41) is 4.30. The molecule has 0 N–H and O–H groups in total. The fraction of sp³-hybridized carbons (Fsp3) is 0.227. The number of hydrogen-bond donors (Lipinski definition) is 0. The van der Waals surface area contributed by atoms with Crippen LogP contribution in [0, 0.1) is 0 Å². The van der Waals surface area contributed by atoms with Crippen LogP contribution in [0.5, 0.6) is 0 Å². The summed E-state index contributed by atoms with van der Waals surface area (Å²) in [6.45, 7) is 1.75. The van der Waals surface area contributed by atoms with Crippen molar-refractivity contribution in [3.05, 3.63) is 83.3 Å². The molecule has 0 bridgehead atoms. The summed E-state index contributed by atoms with van der Waals surface area (Å²) >= 11 is 0. The van der Waals surface area contributed by atoms with E-state index in [1.165, 1.54) is 12.4 Å². The van der Waals surface area contributed by atoms with Gasteiger partial charge in [0.25, 0.3) is 5.56 Å². The van der Waals surface area contributed by atoms with Crippen LogP contribution >= 0.6 is 0 Å². The third-order valence-electron chi connectivity index (χ3n) is 5.32. The summed E-state index contributed by atoms with van der Waals surface area (Å²) in [7, 11) is 1.73. The Morgan fingerprint density at radius 3 is 2.84 bits per heavy atom. The van der Waals surface area contributed by atoms with Gasteiger partial charge in [-0.3, -0.25) is 9.36 Å². The molecule has 0 aliphatic carbocycles. The third-order valence-corrected chi connectivity index (χ3v) is 5.32. The van der Waals surface area contributed by atoms with Crippen LogP contribution < -0.4 is 10.5 Å². The zero-order valence-corrected chi connectivity index (χ0v) is 17.0. The molecular weight excluding hydrogens is 394 g/mol. The minimum absolute atomic E-state index is 0.137. The van der Waals surface area contributed by atoms with Crippen LogP contribution in [0.15, 0.2) is 72.2 Å². The van der Waals surface area contributed by atoms with Crippen LogP contribution in [-0.2, 0) is 11.8 Å². The summed E-state index contributed by atoms with van der Waals surface area (Å²) in [6, 6.07) is 13.3. The monoisotopic (exact) mass is 415 g/mol. The van der Waals surface area contributed by atoms with Gasteiger partial charge in [-0.05, 0) is 29.8 Å². The Morgan fingerprint density at radius 1 is 1.10 bits per heavy atom. The van der Waals surface area contributed by atoms with Crippen molar-refractivity contribution in [1.29, 1.82) is 0 Å². The lowest BCUT2D eigenvalue weighted by atomic mass is 10.1. The van der Waals surface area contributed by atoms with Gasteiger partial charge in [0.05, 0.1) is 30.2 Å². The molecule has 9 heteroatoms. The van der Waals surface area contributed by atoms with Crippen LogP contribution in [-0.4, -0.2) is 49.0 Å². The minimum Gasteiger partial charge on any atom is -0.370 e. The van der Waals surface area contributed by atoms with E-state index in [9.17, 15) is 4.79 Å². The Kier molecular flexibility index (Phi) is 5.01. The van der Waals surface area contributed by atoms with Crippen molar-refractivity contribution in [3.63, 3.8) is 0 Å². The van der Waals surface area contributed by atoms with E-state index in [1.807, 2.05) is 35.1 Å². The number of morpholine rings is 1. The first kappa shape index (κ1) is 19.1. The number of ether oxygens (including phenoxy) is 1. The maximum atomic E-state index is 12.6. The molecule has 4 heterocycles. The maximum Gasteiger partial charge on any atom is 0.255 e. The van der Waals surface area contributed by atoms with E-state index >= 15 is 0 Å². The second-order valence-electron chi connectivity index (χ2n) is 7.28. The van der Waals surface area contributed by atoms with Gasteiger partial charge < -0.3 is 9.64 Å². The molecule has 1 fully saturated rings. The molecule has 31 heavy (non-hydrogen) atoms. The maximum absolute atomic E-state index is 12.6. The largest absolute Gasteiger partial charge is 0.370 e. The molecule has 1 unspecified atom stereocenters. The van der Waals surface area contributed by atoms with Gasteiger partial charge in [0.2, 0.25) is 5.95 Å². The van der Waals surface area contributed by atoms with Crippen LogP contribution in [0.4, 0.5) is 5.95 Å². The number of aromatic nitrogens is 6. The fourth-order valence-corrected chi connectivity index (χ4v) is 3.71. The lowest BCUT2D eigenvalue weighted by Crippen LogP contribution is -2.41. The van der Waals surface area contributed by atoms with Gasteiger partial charge in [0.15, 0.2) is 0 Å². The summed E-state index contributed by atoms with van der Waals surface area (Å²) < 4.78 is 9.45. The third kappa shape index (κ3) is 3.82. The predicted molar refractivity (Wildman–Crippen MR) is 115 cm³/mol. The van der Waals surface area contributed by atoms with E-state index in [-0.39, 0.29) is 11.7 Å². The van der Waals surface area contributed by atoms with E-state index in [2.05, 4.69) is 26.0 Å².